The Hall–Kier alpha value is -1.42. The molecule has 1 aromatic carbocycles. The van der Waals surface area contributed by atoms with Gasteiger partial charge in [0.1, 0.15) is 5.82 Å². The summed E-state index contributed by atoms with van der Waals surface area (Å²) < 4.78 is 14.2. The van der Waals surface area contributed by atoms with Crippen LogP contribution in [-0.2, 0) is 0 Å². The van der Waals surface area contributed by atoms with E-state index in [1.165, 1.54) is 44.7 Å². The van der Waals surface area contributed by atoms with Gasteiger partial charge in [0.05, 0.1) is 5.56 Å². The lowest BCUT2D eigenvalue weighted by atomic mass is 9.83. The number of nitrogens with zero attached hydrogens (tertiary/aromatic N) is 2. The van der Waals surface area contributed by atoms with Crippen LogP contribution in [0.25, 0.3) is 0 Å². The standard InChI is InChI=1S/C20H27FN2O/c1-14-5-8-18(19(21)9-14)20(24)23-12-16-6-7-17(13-23)22(11-16)10-15-3-2-4-15/h5,8-9,15-17H,2-4,6-7,10-13H2,1H3/t16-,17-/m1/s1. The van der Waals surface area contributed by atoms with Crippen molar-refractivity contribution in [2.24, 2.45) is 11.8 Å². The van der Waals surface area contributed by atoms with Gasteiger partial charge in [-0.25, -0.2) is 4.39 Å². The summed E-state index contributed by atoms with van der Waals surface area (Å²) in [6.45, 7) is 5.70. The first-order valence-electron chi connectivity index (χ1n) is 9.39. The average molecular weight is 330 g/mol. The Kier molecular flexibility index (Phi) is 4.33. The molecule has 1 saturated carbocycles. The number of rotatable bonds is 3. The molecule has 3 saturated heterocycles. The number of aryl methyl sites for hydroxylation is 1. The zero-order valence-electron chi connectivity index (χ0n) is 14.5. The summed E-state index contributed by atoms with van der Waals surface area (Å²) in [6.07, 6.45) is 6.49. The lowest BCUT2D eigenvalue weighted by Crippen LogP contribution is -2.47. The van der Waals surface area contributed by atoms with E-state index < -0.39 is 0 Å². The molecule has 0 radical (unpaired) electrons. The van der Waals surface area contributed by atoms with Crippen LogP contribution < -0.4 is 0 Å². The third kappa shape index (κ3) is 3.08. The van der Waals surface area contributed by atoms with E-state index in [1.807, 2.05) is 17.9 Å². The molecule has 0 aromatic heterocycles. The van der Waals surface area contributed by atoms with Gasteiger partial charge in [-0.2, -0.15) is 0 Å². The van der Waals surface area contributed by atoms with Crippen LogP contribution in [-0.4, -0.2) is 47.9 Å². The maximum atomic E-state index is 14.2. The lowest BCUT2D eigenvalue weighted by molar-refractivity contribution is 0.0713. The summed E-state index contributed by atoms with van der Waals surface area (Å²) in [5.74, 6) is 0.891. The van der Waals surface area contributed by atoms with Crippen molar-refractivity contribution >= 4 is 5.91 Å². The van der Waals surface area contributed by atoms with Crippen LogP contribution in [0, 0.1) is 24.6 Å². The fourth-order valence-electron chi connectivity index (χ4n) is 4.54. The lowest BCUT2D eigenvalue weighted by Gasteiger charge is -2.40. The van der Waals surface area contributed by atoms with Gasteiger partial charge in [-0.3, -0.25) is 9.69 Å². The molecular formula is C20H27FN2O. The number of hydrogen-bond donors (Lipinski definition) is 0. The number of carbonyl (C=O) groups is 1. The fraction of sp³-hybridized carbons (Fsp3) is 0.650. The number of fused-ring (bicyclic) bond motifs is 4. The summed E-state index contributed by atoms with van der Waals surface area (Å²) in [6, 6.07) is 5.39. The molecule has 0 unspecified atom stereocenters. The first kappa shape index (κ1) is 16.1. The van der Waals surface area contributed by atoms with E-state index in [0.717, 1.165) is 31.1 Å². The summed E-state index contributed by atoms with van der Waals surface area (Å²) in [7, 11) is 0. The first-order valence-corrected chi connectivity index (χ1v) is 9.39. The van der Waals surface area contributed by atoms with Gasteiger partial charge in [0.25, 0.3) is 5.91 Å². The number of benzene rings is 1. The molecule has 2 atom stereocenters. The molecular weight excluding hydrogens is 303 g/mol. The van der Waals surface area contributed by atoms with Crippen LogP contribution in [0.5, 0.6) is 0 Å². The van der Waals surface area contributed by atoms with Crippen molar-refractivity contribution in [3.63, 3.8) is 0 Å². The molecule has 0 spiro atoms. The Morgan fingerprint density at radius 1 is 1.17 bits per heavy atom. The second-order valence-corrected chi connectivity index (χ2v) is 8.04. The molecule has 24 heavy (non-hydrogen) atoms. The van der Waals surface area contributed by atoms with Crippen molar-refractivity contribution in [1.82, 2.24) is 9.80 Å². The predicted octanol–water partition coefficient (Wildman–Crippen LogP) is 3.47. The summed E-state index contributed by atoms with van der Waals surface area (Å²) in [4.78, 5) is 17.4. The van der Waals surface area contributed by atoms with Gasteiger partial charge in [0, 0.05) is 32.2 Å². The monoisotopic (exact) mass is 330 g/mol. The van der Waals surface area contributed by atoms with Gasteiger partial charge in [-0.1, -0.05) is 12.5 Å². The Morgan fingerprint density at radius 3 is 2.71 bits per heavy atom. The number of piperidine rings is 1. The number of hydrogen-bond acceptors (Lipinski definition) is 2. The normalized spacial score (nSPS) is 27.8. The van der Waals surface area contributed by atoms with Gasteiger partial charge in [-0.15, -0.1) is 0 Å². The van der Waals surface area contributed by atoms with Crippen LogP contribution in [0.15, 0.2) is 18.2 Å². The molecule has 3 aliphatic heterocycles. The molecule has 3 heterocycles. The zero-order chi connectivity index (χ0) is 16.7. The third-order valence-corrected chi connectivity index (χ3v) is 6.19. The van der Waals surface area contributed by atoms with Crippen molar-refractivity contribution in [2.75, 3.05) is 26.2 Å². The minimum Gasteiger partial charge on any atom is -0.337 e. The maximum absolute atomic E-state index is 14.2. The quantitative estimate of drug-likeness (QED) is 0.847. The molecule has 1 amide bonds. The Morgan fingerprint density at radius 2 is 2.00 bits per heavy atom. The highest BCUT2D eigenvalue weighted by Crippen LogP contribution is 2.33. The predicted molar refractivity (Wildman–Crippen MR) is 92.5 cm³/mol. The largest absolute Gasteiger partial charge is 0.337 e. The SMILES string of the molecule is Cc1ccc(C(=O)N2C[C@@H]3CC[C@H](C2)N(CC2CCC2)C3)c(F)c1. The van der Waals surface area contributed by atoms with E-state index in [-0.39, 0.29) is 17.3 Å². The topological polar surface area (TPSA) is 23.6 Å². The average Bonchev–Trinajstić information content (AvgIpc) is 2.82. The molecule has 130 valence electrons. The van der Waals surface area contributed by atoms with E-state index in [9.17, 15) is 9.18 Å². The van der Waals surface area contributed by atoms with Crippen molar-refractivity contribution in [1.29, 1.82) is 0 Å². The fourth-order valence-corrected chi connectivity index (χ4v) is 4.54. The van der Waals surface area contributed by atoms with Crippen LogP contribution in [0.3, 0.4) is 0 Å². The molecule has 2 bridgehead atoms. The molecule has 3 nitrogen and oxygen atoms in total. The van der Waals surface area contributed by atoms with Crippen LogP contribution >= 0.6 is 0 Å². The smallest absolute Gasteiger partial charge is 0.256 e. The van der Waals surface area contributed by atoms with Crippen LogP contribution in [0.4, 0.5) is 4.39 Å². The molecule has 1 aromatic rings. The van der Waals surface area contributed by atoms with Crippen LogP contribution in [0.1, 0.15) is 48.0 Å². The molecule has 4 aliphatic rings. The summed E-state index contributed by atoms with van der Waals surface area (Å²) in [5.41, 5.74) is 1.08. The van der Waals surface area contributed by atoms with E-state index in [2.05, 4.69) is 4.90 Å². The van der Waals surface area contributed by atoms with Crippen LogP contribution in [0.2, 0.25) is 0 Å². The number of halogens is 1. The Labute approximate surface area is 143 Å². The van der Waals surface area contributed by atoms with Gasteiger partial charge in [0.2, 0.25) is 0 Å². The molecule has 1 aliphatic carbocycles. The van der Waals surface area contributed by atoms with E-state index in [4.69, 9.17) is 0 Å². The minimum absolute atomic E-state index is 0.130. The number of carbonyl (C=O) groups excluding carboxylic acids is 1. The zero-order valence-corrected chi connectivity index (χ0v) is 14.5. The van der Waals surface area contributed by atoms with Crippen molar-refractivity contribution in [2.45, 2.75) is 45.1 Å². The summed E-state index contributed by atoms with van der Waals surface area (Å²) >= 11 is 0. The first-order chi connectivity index (χ1) is 11.6. The maximum Gasteiger partial charge on any atom is 0.256 e. The minimum atomic E-state index is -0.386. The number of amides is 1. The van der Waals surface area contributed by atoms with E-state index in [1.54, 1.807) is 6.07 Å². The Balaban J connectivity index is 1.49. The molecule has 4 heteroatoms. The highest BCUT2D eigenvalue weighted by Gasteiger charge is 2.38. The third-order valence-electron chi connectivity index (χ3n) is 6.19. The molecule has 4 fully saturated rings. The molecule has 5 rings (SSSR count). The summed E-state index contributed by atoms with van der Waals surface area (Å²) in [5, 5.41) is 0. The van der Waals surface area contributed by atoms with Gasteiger partial charge < -0.3 is 4.90 Å². The van der Waals surface area contributed by atoms with Crippen molar-refractivity contribution in [3.8, 4) is 0 Å². The van der Waals surface area contributed by atoms with Crippen molar-refractivity contribution in [3.05, 3.63) is 35.1 Å². The van der Waals surface area contributed by atoms with Gasteiger partial charge in [-0.05, 0) is 62.1 Å². The van der Waals surface area contributed by atoms with Gasteiger partial charge in [0.15, 0.2) is 0 Å². The van der Waals surface area contributed by atoms with E-state index >= 15 is 0 Å². The van der Waals surface area contributed by atoms with Crippen molar-refractivity contribution < 1.29 is 9.18 Å². The van der Waals surface area contributed by atoms with Gasteiger partial charge >= 0.3 is 0 Å². The second-order valence-electron chi connectivity index (χ2n) is 8.04. The Bertz CT molecular complexity index is 628. The van der Waals surface area contributed by atoms with E-state index in [0.29, 0.717) is 12.0 Å². The second kappa shape index (κ2) is 6.47. The highest BCUT2D eigenvalue weighted by atomic mass is 19.1. The highest BCUT2D eigenvalue weighted by molar-refractivity contribution is 5.94. The molecule has 0 N–H and O–H groups in total.